The Labute approximate surface area is 170 Å². The van der Waals surface area contributed by atoms with Crippen molar-refractivity contribution < 1.29 is 9.53 Å². The van der Waals surface area contributed by atoms with Gasteiger partial charge in [-0.2, -0.15) is 0 Å². The Bertz CT molecular complexity index is 934. The first-order chi connectivity index (χ1) is 13.0. The Morgan fingerprint density at radius 1 is 1.19 bits per heavy atom. The van der Waals surface area contributed by atoms with Crippen LogP contribution in [0, 0.1) is 6.92 Å². The number of nitrogens with zero attached hydrogens (tertiary/aromatic N) is 3. The predicted octanol–water partition coefficient (Wildman–Crippen LogP) is 4.33. The third-order valence-corrected chi connectivity index (χ3v) is 5.03. The molecule has 0 bridgehead atoms. The van der Waals surface area contributed by atoms with Crippen molar-refractivity contribution in [1.82, 2.24) is 14.9 Å². The number of aryl methyl sites for hydroxylation is 1. The first-order valence-electron chi connectivity index (χ1n) is 7.99. The number of ether oxygens (including phenoxy) is 1. The van der Waals surface area contributed by atoms with Gasteiger partial charge in [-0.05, 0) is 30.7 Å². The van der Waals surface area contributed by atoms with Gasteiger partial charge in [0.2, 0.25) is 5.16 Å². The number of benzene rings is 2. The van der Waals surface area contributed by atoms with E-state index in [0.29, 0.717) is 32.5 Å². The average molecular weight is 423 g/mol. The molecule has 27 heavy (non-hydrogen) atoms. The number of halogens is 2. The molecule has 0 fully saturated rings. The number of thioether (sulfide) groups is 1. The molecule has 0 radical (unpaired) electrons. The van der Waals surface area contributed by atoms with Crippen molar-refractivity contribution in [1.29, 1.82) is 0 Å². The van der Waals surface area contributed by atoms with E-state index in [1.54, 1.807) is 29.8 Å². The quantitative estimate of drug-likeness (QED) is 0.573. The topological polar surface area (TPSA) is 69.0 Å². The summed E-state index contributed by atoms with van der Waals surface area (Å²) in [5, 5.41) is 9.57. The zero-order valence-electron chi connectivity index (χ0n) is 14.4. The molecule has 0 spiro atoms. The molecule has 9 heteroatoms. The number of carbonyl (C=O) groups excluding carboxylic acids is 1. The maximum atomic E-state index is 12.2. The molecule has 3 aromatic rings. The second kappa shape index (κ2) is 9.12. The summed E-state index contributed by atoms with van der Waals surface area (Å²) in [5.41, 5.74) is 3.89. The number of carbonyl (C=O) groups is 1. The number of aromatic nitrogens is 3. The molecular weight excluding hydrogens is 407 g/mol. The Kier molecular flexibility index (Phi) is 6.60. The summed E-state index contributed by atoms with van der Waals surface area (Å²) in [6.45, 7) is 1.55. The maximum Gasteiger partial charge on any atom is 0.276 e. The first-order valence-corrected chi connectivity index (χ1v) is 9.73. The third-order valence-electron chi connectivity index (χ3n) is 3.50. The zero-order chi connectivity index (χ0) is 19.2. The van der Waals surface area contributed by atoms with Gasteiger partial charge in [-0.1, -0.05) is 65.3 Å². The molecule has 0 saturated carbocycles. The number of nitrogens with one attached hydrogen (secondary N) is 1. The average Bonchev–Trinajstić information content (AvgIpc) is 3.00. The summed E-state index contributed by atoms with van der Waals surface area (Å²) in [6, 6.07) is 14.8. The van der Waals surface area contributed by atoms with Crippen LogP contribution in [-0.4, -0.2) is 27.4 Å². The molecule has 1 N–H and O–H groups in total. The van der Waals surface area contributed by atoms with Crippen molar-refractivity contribution in [2.24, 2.45) is 0 Å². The SMILES string of the molecule is Cc1nnc(SCc2ccccc2)n1NC(=O)COc1ccc(Cl)cc1Cl. The highest BCUT2D eigenvalue weighted by atomic mass is 35.5. The van der Waals surface area contributed by atoms with Crippen LogP contribution < -0.4 is 10.2 Å². The maximum absolute atomic E-state index is 12.2. The third kappa shape index (κ3) is 5.38. The van der Waals surface area contributed by atoms with Crippen LogP contribution in [0.3, 0.4) is 0 Å². The number of rotatable bonds is 7. The van der Waals surface area contributed by atoms with Gasteiger partial charge in [0.1, 0.15) is 11.6 Å². The molecule has 0 saturated heterocycles. The van der Waals surface area contributed by atoms with Crippen LogP contribution >= 0.6 is 35.0 Å². The second-order valence-corrected chi connectivity index (χ2v) is 7.32. The van der Waals surface area contributed by atoms with E-state index < -0.39 is 0 Å². The van der Waals surface area contributed by atoms with E-state index in [-0.39, 0.29) is 12.5 Å². The molecule has 140 valence electrons. The Balaban J connectivity index is 1.59. The largest absolute Gasteiger partial charge is 0.482 e. The molecule has 0 unspecified atom stereocenters. The Morgan fingerprint density at radius 3 is 2.70 bits per heavy atom. The van der Waals surface area contributed by atoms with E-state index in [0.717, 1.165) is 5.56 Å². The van der Waals surface area contributed by atoms with Crippen LogP contribution in [0.15, 0.2) is 53.7 Å². The van der Waals surface area contributed by atoms with E-state index in [9.17, 15) is 4.79 Å². The minimum atomic E-state index is -0.356. The molecule has 0 aliphatic rings. The summed E-state index contributed by atoms with van der Waals surface area (Å²) in [7, 11) is 0. The highest BCUT2D eigenvalue weighted by Gasteiger charge is 2.13. The number of amides is 1. The van der Waals surface area contributed by atoms with Gasteiger partial charge in [0, 0.05) is 10.8 Å². The molecule has 1 amide bonds. The fourth-order valence-corrected chi connectivity index (χ4v) is 3.54. The molecule has 0 aliphatic carbocycles. The van der Waals surface area contributed by atoms with E-state index in [4.69, 9.17) is 27.9 Å². The fourth-order valence-electron chi connectivity index (χ4n) is 2.18. The van der Waals surface area contributed by atoms with Gasteiger partial charge in [-0.25, -0.2) is 4.68 Å². The van der Waals surface area contributed by atoms with E-state index in [1.165, 1.54) is 11.8 Å². The summed E-state index contributed by atoms with van der Waals surface area (Å²) >= 11 is 13.4. The van der Waals surface area contributed by atoms with Crippen LogP contribution in [0.4, 0.5) is 0 Å². The second-order valence-electron chi connectivity index (χ2n) is 5.54. The van der Waals surface area contributed by atoms with Crippen molar-refractivity contribution in [3.05, 3.63) is 70.0 Å². The molecule has 0 atom stereocenters. The molecular formula is C18H16Cl2N4O2S. The number of hydrogen-bond acceptors (Lipinski definition) is 5. The predicted molar refractivity (Wildman–Crippen MR) is 107 cm³/mol. The zero-order valence-corrected chi connectivity index (χ0v) is 16.7. The standard InChI is InChI=1S/C18H16Cl2N4O2S/c1-12-21-22-18(27-11-13-5-3-2-4-6-13)24(12)23-17(25)10-26-16-8-7-14(19)9-15(16)20/h2-9H,10-11H2,1H3,(H,23,25). The smallest absolute Gasteiger partial charge is 0.276 e. The van der Waals surface area contributed by atoms with E-state index in [2.05, 4.69) is 15.6 Å². The first kappa shape index (κ1) is 19.5. The van der Waals surface area contributed by atoms with Crippen LogP contribution in [0.5, 0.6) is 5.75 Å². The van der Waals surface area contributed by atoms with Gasteiger partial charge < -0.3 is 4.74 Å². The summed E-state index contributed by atoms with van der Waals surface area (Å²) in [6.07, 6.45) is 0. The van der Waals surface area contributed by atoms with Crippen LogP contribution in [0.1, 0.15) is 11.4 Å². The van der Waals surface area contributed by atoms with Crippen molar-refractivity contribution in [2.75, 3.05) is 12.0 Å². The van der Waals surface area contributed by atoms with Gasteiger partial charge in [0.15, 0.2) is 6.61 Å². The van der Waals surface area contributed by atoms with Gasteiger partial charge in [0.05, 0.1) is 5.02 Å². The summed E-state index contributed by atoms with van der Waals surface area (Å²) < 4.78 is 6.99. The van der Waals surface area contributed by atoms with Crippen LogP contribution in [0.25, 0.3) is 0 Å². The van der Waals surface area contributed by atoms with Crippen molar-refractivity contribution in [2.45, 2.75) is 17.8 Å². The number of hydrogen-bond donors (Lipinski definition) is 1. The van der Waals surface area contributed by atoms with Crippen LogP contribution in [-0.2, 0) is 10.5 Å². The van der Waals surface area contributed by atoms with Gasteiger partial charge in [0.25, 0.3) is 5.91 Å². The highest BCUT2D eigenvalue weighted by molar-refractivity contribution is 7.98. The van der Waals surface area contributed by atoms with Gasteiger partial charge >= 0.3 is 0 Å². The Morgan fingerprint density at radius 2 is 1.96 bits per heavy atom. The fraction of sp³-hybridized carbons (Fsp3) is 0.167. The monoisotopic (exact) mass is 422 g/mol. The van der Waals surface area contributed by atoms with E-state index >= 15 is 0 Å². The highest BCUT2D eigenvalue weighted by Crippen LogP contribution is 2.27. The van der Waals surface area contributed by atoms with E-state index in [1.807, 2.05) is 30.3 Å². The molecule has 3 rings (SSSR count). The molecule has 6 nitrogen and oxygen atoms in total. The molecule has 1 aromatic heterocycles. The lowest BCUT2D eigenvalue weighted by atomic mass is 10.2. The summed E-state index contributed by atoms with van der Waals surface area (Å²) in [4.78, 5) is 12.2. The minimum absolute atomic E-state index is 0.207. The summed E-state index contributed by atoms with van der Waals surface area (Å²) in [5.74, 6) is 1.32. The lowest BCUT2D eigenvalue weighted by Gasteiger charge is -2.11. The van der Waals surface area contributed by atoms with Crippen LogP contribution in [0.2, 0.25) is 10.0 Å². The normalized spacial score (nSPS) is 10.6. The van der Waals surface area contributed by atoms with Gasteiger partial charge in [-0.3, -0.25) is 10.2 Å². The lowest BCUT2D eigenvalue weighted by molar-refractivity contribution is -0.119. The lowest BCUT2D eigenvalue weighted by Crippen LogP contribution is -2.29. The Hall–Kier alpha value is -2.22. The van der Waals surface area contributed by atoms with Crippen molar-refractivity contribution >= 4 is 40.9 Å². The van der Waals surface area contributed by atoms with Crippen molar-refractivity contribution in [3.63, 3.8) is 0 Å². The molecule has 1 heterocycles. The van der Waals surface area contributed by atoms with Crippen molar-refractivity contribution in [3.8, 4) is 5.75 Å². The minimum Gasteiger partial charge on any atom is -0.482 e. The molecule has 0 aliphatic heterocycles. The molecule has 2 aromatic carbocycles. The van der Waals surface area contributed by atoms with Gasteiger partial charge in [-0.15, -0.1) is 10.2 Å².